The van der Waals surface area contributed by atoms with E-state index in [1.54, 1.807) is 29.8 Å². The largest absolute Gasteiger partial charge is 0.329 e. The fraction of sp³-hybridized carbons (Fsp3) is 0.444. The smallest absolute Gasteiger partial charge is 0.261 e. The highest BCUT2D eigenvalue weighted by Crippen LogP contribution is 2.24. The summed E-state index contributed by atoms with van der Waals surface area (Å²) in [6, 6.07) is 12.7. The summed E-state index contributed by atoms with van der Waals surface area (Å²) in [4.78, 5) is 33.2. The normalized spacial score (nSPS) is 12.2. The van der Waals surface area contributed by atoms with Gasteiger partial charge in [-0.05, 0) is 62.1 Å². The van der Waals surface area contributed by atoms with Crippen LogP contribution in [0.3, 0.4) is 0 Å². The summed E-state index contributed by atoms with van der Waals surface area (Å²) in [5, 5.41) is 1.05. The molecule has 2 aromatic carbocycles. The van der Waals surface area contributed by atoms with E-state index in [0.717, 1.165) is 38.5 Å². The molecule has 0 aliphatic heterocycles. The van der Waals surface area contributed by atoms with E-state index in [1.165, 1.54) is 5.56 Å². The Morgan fingerprint density at radius 2 is 1.76 bits per heavy atom. The first-order valence-corrected chi connectivity index (χ1v) is 12.3. The molecule has 0 spiro atoms. The fourth-order valence-electron chi connectivity index (χ4n) is 4.14. The molecule has 176 valence electrons. The van der Waals surface area contributed by atoms with Gasteiger partial charge in [-0.25, -0.2) is 4.98 Å². The standard InChI is InChI=1S/C27H34ClN3O2/c1-5-7-9-17-31(26(32)21-13-11-20(12-14-21)10-8-6-2)19(3)25-29-24-18-22(28)15-16-23(24)27(33)30(25)4/h11-16,18-19H,5-10,17H2,1-4H3. The Kier molecular flexibility index (Phi) is 8.67. The van der Waals surface area contributed by atoms with Gasteiger partial charge in [0.05, 0.1) is 16.9 Å². The van der Waals surface area contributed by atoms with Crippen LogP contribution in [0.5, 0.6) is 0 Å². The van der Waals surface area contributed by atoms with Gasteiger partial charge in [-0.15, -0.1) is 0 Å². The number of unbranched alkanes of at least 4 members (excludes halogenated alkanes) is 3. The van der Waals surface area contributed by atoms with Gasteiger partial charge in [-0.2, -0.15) is 0 Å². The molecule has 0 aliphatic rings. The van der Waals surface area contributed by atoms with Gasteiger partial charge in [-0.1, -0.05) is 56.8 Å². The molecule has 0 bridgehead atoms. The summed E-state index contributed by atoms with van der Waals surface area (Å²) in [7, 11) is 1.71. The third kappa shape index (κ3) is 5.83. The van der Waals surface area contributed by atoms with E-state index in [4.69, 9.17) is 16.6 Å². The molecule has 1 amide bonds. The van der Waals surface area contributed by atoms with E-state index in [1.807, 2.05) is 36.1 Å². The van der Waals surface area contributed by atoms with Crippen LogP contribution < -0.4 is 5.56 Å². The van der Waals surface area contributed by atoms with Crippen molar-refractivity contribution in [3.8, 4) is 0 Å². The second-order valence-corrected chi connectivity index (χ2v) is 9.11. The Morgan fingerprint density at radius 1 is 1.06 bits per heavy atom. The second kappa shape index (κ2) is 11.5. The Bertz CT molecular complexity index is 1150. The number of aryl methyl sites for hydroxylation is 1. The van der Waals surface area contributed by atoms with Crippen LogP contribution in [0.25, 0.3) is 10.9 Å². The molecule has 1 atom stereocenters. The Balaban J connectivity index is 1.97. The van der Waals surface area contributed by atoms with Crippen LogP contribution in [0.15, 0.2) is 47.3 Å². The molecule has 0 saturated heterocycles. The Hall–Kier alpha value is -2.66. The van der Waals surface area contributed by atoms with Crippen LogP contribution in [0.1, 0.15) is 80.7 Å². The number of aromatic nitrogens is 2. The number of benzene rings is 2. The molecule has 3 rings (SSSR count). The molecule has 1 aromatic heterocycles. The minimum absolute atomic E-state index is 0.0407. The van der Waals surface area contributed by atoms with Crippen molar-refractivity contribution in [2.45, 2.75) is 65.3 Å². The zero-order valence-corrected chi connectivity index (χ0v) is 20.9. The summed E-state index contributed by atoms with van der Waals surface area (Å²) < 4.78 is 1.55. The number of hydrogen-bond acceptors (Lipinski definition) is 3. The molecular weight excluding hydrogens is 434 g/mol. The summed E-state index contributed by atoms with van der Waals surface area (Å²) in [5.41, 5.74) is 2.32. The fourth-order valence-corrected chi connectivity index (χ4v) is 4.30. The molecule has 33 heavy (non-hydrogen) atoms. The van der Waals surface area contributed by atoms with Crippen molar-refractivity contribution in [1.29, 1.82) is 0 Å². The SMILES string of the molecule is CCCCCN(C(=O)c1ccc(CCCC)cc1)C(C)c1nc2cc(Cl)ccc2c(=O)n1C. The predicted octanol–water partition coefficient (Wildman–Crippen LogP) is 6.32. The monoisotopic (exact) mass is 467 g/mol. The summed E-state index contributed by atoms with van der Waals surface area (Å²) in [6.45, 7) is 6.87. The predicted molar refractivity (Wildman–Crippen MR) is 136 cm³/mol. The lowest BCUT2D eigenvalue weighted by atomic mass is 10.0. The summed E-state index contributed by atoms with van der Waals surface area (Å²) in [5.74, 6) is 0.514. The number of hydrogen-bond donors (Lipinski definition) is 0. The molecule has 1 unspecified atom stereocenters. The minimum Gasteiger partial charge on any atom is -0.329 e. The lowest BCUT2D eigenvalue weighted by Crippen LogP contribution is -2.38. The van der Waals surface area contributed by atoms with E-state index in [0.29, 0.717) is 33.9 Å². The van der Waals surface area contributed by atoms with Crippen LogP contribution in [0, 0.1) is 0 Å². The van der Waals surface area contributed by atoms with Crippen molar-refractivity contribution in [3.05, 3.63) is 74.8 Å². The molecule has 0 saturated carbocycles. The highest BCUT2D eigenvalue weighted by molar-refractivity contribution is 6.31. The van der Waals surface area contributed by atoms with Crippen molar-refractivity contribution in [2.24, 2.45) is 7.05 Å². The zero-order chi connectivity index (χ0) is 24.0. The first-order valence-electron chi connectivity index (χ1n) is 11.9. The zero-order valence-electron chi connectivity index (χ0n) is 20.1. The van der Waals surface area contributed by atoms with Crippen molar-refractivity contribution < 1.29 is 4.79 Å². The maximum Gasteiger partial charge on any atom is 0.261 e. The Morgan fingerprint density at radius 3 is 2.42 bits per heavy atom. The van der Waals surface area contributed by atoms with Gasteiger partial charge in [0.15, 0.2) is 0 Å². The van der Waals surface area contributed by atoms with Crippen molar-refractivity contribution in [3.63, 3.8) is 0 Å². The highest BCUT2D eigenvalue weighted by Gasteiger charge is 2.26. The van der Waals surface area contributed by atoms with E-state index in [-0.39, 0.29) is 17.5 Å². The van der Waals surface area contributed by atoms with Crippen LogP contribution in [0.2, 0.25) is 5.02 Å². The molecule has 6 heteroatoms. The molecule has 0 radical (unpaired) electrons. The van der Waals surface area contributed by atoms with Crippen molar-refractivity contribution in [1.82, 2.24) is 14.5 Å². The first kappa shape index (κ1) is 25.0. The van der Waals surface area contributed by atoms with Gasteiger partial charge in [0, 0.05) is 24.2 Å². The summed E-state index contributed by atoms with van der Waals surface area (Å²) in [6.07, 6.45) is 6.30. The van der Waals surface area contributed by atoms with Gasteiger partial charge in [0.2, 0.25) is 0 Å². The quantitative estimate of drug-likeness (QED) is 0.327. The van der Waals surface area contributed by atoms with Gasteiger partial charge in [0.1, 0.15) is 5.82 Å². The molecule has 0 N–H and O–H groups in total. The van der Waals surface area contributed by atoms with Gasteiger partial charge < -0.3 is 4.90 Å². The lowest BCUT2D eigenvalue weighted by molar-refractivity contribution is 0.0676. The average molecular weight is 468 g/mol. The van der Waals surface area contributed by atoms with Crippen LogP contribution in [-0.4, -0.2) is 26.9 Å². The molecule has 0 aliphatic carbocycles. The van der Waals surface area contributed by atoms with Crippen LogP contribution in [-0.2, 0) is 13.5 Å². The minimum atomic E-state index is -0.366. The maximum atomic E-state index is 13.6. The molecule has 1 heterocycles. The first-order chi connectivity index (χ1) is 15.9. The van der Waals surface area contributed by atoms with E-state index < -0.39 is 0 Å². The van der Waals surface area contributed by atoms with Crippen LogP contribution >= 0.6 is 11.6 Å². The number of halogens is 1. The van der Waals surface area contributed by atoms with E-state index >= 15 is 0 Å². The molecular formula is C27H34ClN3O2. The Labute approximate surface area is 201 Å². The maximum absolute atomic E-state index is 13.6. The van der Waals surface area contributed by atoms with Crippen molar-refractivity contribution >= 4 is 28.4 Å². The average Bonchev–Trinajstić information content (AvgIpc) is 2.82. The highest BCUT2D eigenvalue weighted by atomic mass is 35.5. The van der Waals surface area contributed by atoms with E-state index in [9.17, 15) is 9.59 Å². The van der Waals surface area contributed by atoms with Crippen molar-refractivity contribution in [2.75, 3.05) is 6.54 Å². The molecule has 5 nitrogen and oxygen atoms in total. The topological polar surface area (TPSA) is 55.2 Å². The van der Waals surface area contributed by atoms with Crippen LogP contribution in [0.4, 0.5) is 0 Å². The third-order valence-corrected chi connectivity index (χ3v) is 6.43. The molecule has 3 aromatic rings. The second-order valence-electron chi connectivity index (χ2n) is 8.68. The van der Waals surface area contributed by atoms with E-state index in [2.05, 4.69) is 13.8 Å². The number of rotatable bonds is 10. The van der Waals surface area contributed by atoms with Gasteiger partial charge in [0.25, 0.3) is 11.5 Å². The number of carbonyl (C=O) groups is 1. The third-order valence-electron chi connectivity index (χ3n) is 6.20. The number of nitrogens with zero attached hydrogens (tertiary/aromatic N) is 3. The van der Waals surface area contributed by atoms with Gasteiger partial charge >= 0.3 is 0 Å². The molecule has 0 fully saturated rings. The number of carbonyl (C=O) groups excluding carboxylic acids is 1. The lowest BCUT2D eigenvalue weighted by Gasteiger charge is -2.30. The van der Waals surface area contributed by atoms with Gasteiger partial charge in [-0.3, -0.25) is 14.2 Å². The summed E-state index contributed by atoms with van der Waals surface area (Å²) >= 11 is 6.15. The number of amides is 1. The number of fused-ring (bicyclic) bond motifs is 1.